The number of aliphatic carboxylic acids is 1. The van der Waals surface area contributed by atoms with Crippen LogP contribution in [-0.4, -0.2) is 23.9 Å². The van der Waals surface area contributed by atoms with Gasteiger partial charge in [0.2, 0.25) is 0 Å². The minimum absolute atomic E-state index is 0.0757. The first-order valence-electron chi connectivity index (χ1n) is 7.58. The molecule has 0 spiro atoms. The van der Waals surface area contributed by atoms with Crippen LogP contribution >= 0.6 is 0 Å². The van der Waals surface area contributed by atoms with Gasteiger partial charge in [0, 0.05) is 11.9 Å². The fourth-order valence-electron chi connectivity index (χ4n) is 2.40. The van der Waals surface area contributed by atoms with Gasteiger partial charge in [-0.2, -0.15) is 13.2 Å². The molecule has 8 heteroatoms. The highest BCUT2D eigenvalue weighted by molar-refractivity contribution is 5.69. The third-order valence-corrected chi connectivity index (χ3v) is 3.65. The topological polar surface area (TPSA) is 69.6 Å². The van der Waals surface area contributed by atoms with E-state index >= 15 is 0 Å². The number of carbonyl (C=O) groups is 1. The van der Waals surface area contributed by atoms with Crippen molar-refractivity contribution < 1.29 is 37.3 Å². The highest BCUT2D eigenvalue weighted by Crippen LogP contribution is 2.27. The summed E-state index contributed by atoms with van der Waals surface area (Å²) in [5.74, 6) is -3.53. The SMILES string of the molecule is O=C([O-])C(Cc1cccc(OCC(F)(F)F)c1)C(O)c1ccc(F)cc1. The summed E-state index contributed by atoms with van der Waals surface area (Å²) in [6.07, 6.45) is -6.17. The van der Waals surface area contributed by atoms with Crippen LogP contribution in [-0.2, 0) is 11.2 Å². The summed E-state index contributed by atoms with van der Waals surface area (Å²) in [5, 5.41) is 21.7. The van der Waals surface area contributed by atoms with E-state index in [4.69, 9.17) is 0 Å². The Bertz CT molecular complexity index is 744. The maximum atomic E-state index is 13.0. The number of hydrogen-bond donors (Lipinski definition) is 1. The summed E-state index contributed by atoms with van der Waals surface area (Å²) in [7, 11) is 0. The molecule has 2 aromatic rings. The summed E-state index contributed by atoms with van der Waals surface area (Å²) < 4.78 is 54.2. The Kier molecular flexibility index (Phi) is 6.20. The first-order chi connectivity index (χ1) is 12.2. The molecular formula is C18H15F4O4-. The Balaban J connectivity index is 2.14. The van der Waals surface area contributed by atoms with Gasteiger partial charge in [0.05, 0.1) is 6.10 Å². The molecule has 0 bridgehead atoms. The molecule has 2 unspecified atom stereocenters. The molecule has 2 aromatic carbocycles. The summed E-state index contributed by atoms with van der Waals surface area (Å²) in [6, 6.07) is 10.1. The molecule has 4 nitrogen and oxygen atoms in total. The number of halogens is 4. The fraction of sp³-hybridized carbons (Fsp3) is 0.278. The van der Waals surface area contributed by atoms with Crippen LogP contribution in [0.25, 0.3) is 0 Å². The van der Waals surface area contributed by atoms with Gasteiger partial charge in [-0.15, -0.1) is 0 Å². The standard InChI is InChI=1S/C18H16F4O4/c19-13-6-4-12(5-7-13)16(23)15(17(24)25)9-11-2-1-3-14(8-11)26-10-18(20,21)22/h1-8,15-16,23H,9-10H2,(H,24,25)/p-1. The van der Waals surface area contributed by atoms with Gasteiger partial charge in [0.1, 0.15) is 11.6 Å². The van der Waals surface area contributed by atoms with E-state index in [1.807, 2.05) is 0 Å². The lowest BCUT2D eigenvalue weighted by molar-refractivity contribution is -0.314. The number of carboxylic acids is 1. The Hall–Kier alpha value is -2.61. The van der Waals surface area contributed by atoms with Crippen molar-refractivity contribution >= 4 is 5.97 Å². The van der Waals surface area contributed by atoms with Crippen molar-refractivity contribution in [3.8, 4) is 5.75 Å². The maximum Gasteiger partial charge on any atom is 0.422 e. The number of alkyl halides is 3. The zero-order valence-corrected chi connectivity index (χ0v) is 13.4. The minimum Gasteiger partial charge on any atom is -0.550 e. The number of benzene rings is 2. The van der Waals surface area contributed by atoms with Gasteiger partial charge >= 0.3 is 6.18 Å². The normalized spacial score (nSPS) is 13.9. The molecule has 0 aliphatic heterocycles. The van der Waals surface area contributed by atoms with Gasteiger partial charge in [-0.1, -0.05) is 24.3 Å². The van der Waals surface area contributed by atoms with Crippen LogP contribution in [0, 0.1) is 11.7 Å². The van der Waals surface area contributed by atoms with Crippen LogP contribution in [0.3, 0.4) is 0 Å². The number of ether oxygens (including phenoxy) is 1. The number of aliphatic hydroxyl groups excluding tert-OH is 1. The quantitative estimate of drug-likeness (QED) is 0.759. The van der Waals surface area contributed by atoms with E-state index in [1.54, 1.807) is 0 Å². The van der Waals surface area contributed by atoms with Gasteiger partial charge < -0.3 is 19.7 Å². The molecular weight excluding hydrogens is 356 g/mol. The Morgan fingerprint density at radius 2 is 1.81 bits per heavy atom. The van der Waals surface area contributed by atoms with E-state index in [-0.39, 0.29) is 17.7 Å². The number of aliphatic hydroxyl groups is 1. The van der Waals surface area contributed by atoms with Crippen molar-refractivity contribution in [3.63, 3.8) is 0 Å². The lowest BCUT2D eigenvalue weighted by Gasteiger charge is -2.24. The molecule has 0 saturated heterocycles. The lowest BCUT2D eigenvalue weighted by atomic mass is 9.90. The summed E-state index contributed by atoms with van der Waals surface area (Å²) >= 11 is 0. The van der Waals surface area contributed by atoms with E-state index in [1.165, 1.54) is 36.4 Å². The Morgan fingerprint density at radius 3 is 2.38 bits per heavy atom. The Morgan fingerprint density at radius 1 is 1.15 bits per heavy atom. The molecule has 0 aliphatic rings. The van der Waals surface area contributed by atoms with Gasteiger partial charge in [-0.25, -0.2) is 4.39 Å². The second-order valence-corrected chi connectivity index (χ2v) is 5.68. The van der Waals surface area contributed by atoms with Crippen molar-refractivity contribution in [2.45, 2.75) is 18.7 Å². The van der Waals surface area contributed by atoms with Crippen LogP contribution in [0.5, 0.6) is 5.75 Å². The number of carboxylic acid groups (broad SMARTS) is 1. The van der Waals surface area contributed by atoms with E-state index in [9.17, 15) is 32.6 Å². The fourth-order valence-corrected chi connectivity index (χ4v) is 2.40. The van der Waals surface area contributed by atoms with Gasteiger partial charge in [0.15, 0.2) is 6.61 Å². The predicted octanol–water partition coefficient (Wildman–Crippen LogP) is 2.41. The van der Waals surface area contributed by atoms with Crippen LogP contribution in [0.15, 0.2) is 48.5 Å². The molecule has 2 rings (SSSR count). The van der Waals surface area contributed by atoms with E-state index in [2.05, 4.69) is 4.74 Å². The molecule has 0 heterocycles. The average Bonchev–Trinajstić information content (AvgIpc) is 2.57. The maximum absolute atomic E-state index is 13.0. The molecule has 2 atom stereocenters. The van der Waals surface area contributed by atoms with Gasteiger partial charge in [-0.3, -0.25) is 0 Å². The number of carbonyl (C=O) groups excluding carboxylic acids is 1. The molecule has 0 aliphatic carbocycles. The van der Waals surface area contributed by atoms with Gasteiger partial charge in [0.25, 0.3) is 0 Å². The lowest BCUT2D eigenvalue weighted by Crippen LogP contribution is -2.36. The van der Waals surface area contributed by atoms with Gasteiger partial charge in [-0.05, 0) is 41.8 Å². The zero-order chi connectivity index (χ0) is 19.3. The summed E-state index contributed by atoms with van der Waals surface area (Å²) in [4.78, 5) is 11.4. The smallest absolute Gasteiger partial charge is 0.422 e. The molecule has 26 heavy (non-hydrogen) atoms. The first kappa shape index (κ1) is 19.7. The van der Waals surface area contributed by atoms with Crippen molar-refractivity contribution in [3.05, 3.63) is 65.5 Å². The molecule has 0 radical (unpaired) electrons. The highest BCUT2D eigenvalue weighted by Gasteiger charge is 2.28. The van der Waals surface area contributed by atoms with Crippen molar-refractivity contribution in [2.75, 3.05) is 6.61 Å². The van der Waals surface area contributed by atoms with Crippen LogP contribution in [0.2, 0.25) is 0 Å². The monoisotopic (exact) mass is 371 g/mol. The highest BCUT2D eigenvalue weighted by atomic mass is 19.4. The zero-order valence-electron chi connectivity index (χ0n) is 13.4. The molecule has 0 aromatic heterocycles. The second-order valence-electron chi connectivity index (χ2n) is 5.68. The third kappa shape index (κ3) is 5.73. The molecule has 0 saturated carbocycles. The van der Waals surface area contributed by atoms with E-state index < -0.39 is 36.6 Å². The predicted molar refractivity (Wildman–Crippen MR) is 81.6 cm³/mol. The van der Waals surface area contributed by atoms with Crippen molar-refractivity contribution in [1.82, 2.24) is 0 Å². The van der Waals surface area contributed by atoms with Crippen LogP contribution in [0.1, 0.15) is 17.2 Å². The van der Waals surface area contributed by atoms with Crippen LogP contribution < -0.4 is 9.84 Å². The number of hydrogen-bond acceptors (Lipinski definition) is 4. The largest absolute Gasteiger partial charge is 0.550 e. The molecule has 0 fully saturated rings. The van der Waals surface area contributed by atoms with E-state index in [0.29, 0.717) is 5.56 Å². The minimum atomic E-state index is -4.50. The number of rotatable bonds is 7. The molecule has 140 valence electrons. The summed E-state index contributed by atoms with van der Waals surface area (Å²) in [6.45, 7) is -1.47. The average molecular weight is 371 g/mol. The molecule has 1 N–H and O–H groups in total. The van der Waals surface area contributed by atoms with Crippen LogP contribution in [0.4, 0.5) is 17.6 Å². The van der Waals surface area contributed by atoms with Crippen molar-refractivity contribution in [2.24, 2.45) is 5.92 Å². The van der Waals surface area contributed by atoms with Crippen molar-refractivity contribution in [1.29, 1.82) is 0 Å². The first-order valence-corrected chi connectivity index (χ1v) is 7.58. The summed E-state index contributed by atoms with van der Waals surface area (Å²) in [5.41, 5.74) is 0.533. The third-order valence-electron chi connectivity index (χ3n) is 3.65. The Labute approximate surface area is 146 Å². The molecule has 0 amide bonds. The van der Waals surface area contributed by atoms with E-state index in [0.717, 1.165) is 12.1 Å². The second kappa shape index (κ2) is 8.18.